The first-order chi connectivity index (χ1) is 8.92. The van der Waals surface area contributed by atoms with Crippen LogP contribution in [0.2, 0.25) is 0 Å². The molecule has 0 unspecified atom stereocenters. The number of para-hydroxylation sites is 2. The van der Waals surface area contributed by atoms with Crippen molar-refractivity contribution in [1.29, 1.82) is 5.26 Å². The van der Waals surface area contributed by atoms with Gasteiger partial charge in [-0.05, 0) is 24.3 Å². The fraction of sp³-hybridized carbons (Fsp3) is 0. The second-order valence-electron chi connectivity index (χ2n) is 3.51. The predicted molar refractivity (Wildman–Crippen MR) is 72.6 cm³/mol. The number of nitriles is 1. The van der Waals surface area contributed by atoms with Gasteiger partial charge in [0.15, 0.2) is 0 Å². The smallest absolute Gasteiger partial charge is 0.214 e. The van der Waals surface area contributed by atoms with Gasteiger partial charge in [0.05, 0.1) is 6.20 Å². The lowest BCUT2D eigenvalue weighted by atomic mass is 10.2. The lowest BCUT2D eigenvalue weighted by molar-refractivity contribution is 1.30. The molecule has 86 valence electrons. The summed E-state index contributed by atoms with van der Waals surface area (Å²) in [4.78, 5) is 5.34. The fourth-order valence-electron chi connectivity index (χ4n) is 1.59. The molecule has 0 aliphatic heterocycles. The van der Waals surface area contributed by atoms with Crippen molar-refractivity contribution in [2.45, 2.75) is 0 Å². The number of anilines is 2. The average molecular weight is 233 g/mol. The van der Waals surface area contributed by atoms with Gasteiger partial charge < -0.3 is 4.90 Å². The van der Waals surface area contributed by atoms with E-state index in [4.69, 9.17) is 5.26 Å². The molecular formula is C15H11N3. The summed E-state index contributed by atoms with van der Waals surface area (Å²) in [7, 11) is 0. The van der Waals surface area contributed by atoms with E-state index in [1.54, 1.807) is 12.4 Å². The van der Waals surface area contributed by atoms with E-state index in [0.717, 1.165) is 11.4 Å². The van der Waals surface area contributed by atoms with Gasteiger partial charge in [-0.3, -0.25) is 0 Å². The molecule has 2 rings (SSSR count). The van der Waals surface area contributed by atoms with Crippen LogP contribution in [0.15, 0.2) is 71.9 Å². The zero-order valence-corrected chi connectivity index (χ0v) is 9.69. The maximum atomic E-state index is 8.40. The van der Waals surface area contributed by atoms with E-state index < -0.39 is 0 Å². The topological polar surface area (TPSA) is 39.4 Å². The van der Waals surface area contributed by atoms with E-state index in [1.807, 2.05) is 65.6 Å². The summed E-state index contributed by atoms with van der Waals surface area (Å²) >= 11 is 0. The molecule has 0 saturated heterocycles. The highest BCUT2D eigenvalue weighted by atomic mass is 15.1. The Morgan fingerprint density at radius 2 is 1.39 bits per heavy atom. The molecule has 0 amide bonds. The molecule has 0 atom stereocenters. The number of aliphatic imine (C=N–C) groups is 1. The quantitative estimate of drug-likeness (QED) is 0.601. The second-order valence-corrected chi connectivity index (χ2v) is 3.51. The molecule has 0 aromatic heterocycles. The van der Waals surface area contributed by atoms with Gasteiger partial charge in [0.1, 0.15) is 0 Å². The third-order valence-electron chi connectivity index (χ3n) is 2.37. The van der Waals surface area contributed by atoms with Crippen molar-refractivity contribution >= 4 is 17.2 Å². The molecule has 0 aliphatic carbocycles. The third-order valence-corrected chi connectivity index (χ3v) is 2.37. The predicted octanol–water partition coefficient (Wildman–Crippen LogP) is 3.49. The number of hydrogen-bond acceptors (Lipinski definition) is 3. The van der Waals surface area contributed by atoms with Gasteiger partial charge in [-0.1, -0.05) is 36.4 Å². The van der Waals surface area contributed by atoms with Crippen molar-refractivity contribution in [3.63, 3.8) is 0 Å². The van der Waals surface area contributed by atoms with Gasteiger partial charge in [-0.2, -0.15) is 5.26 Å². The molecule has 0 radical (unpaired) electrons. The molecule has 2 aromatic rings. The summed E-state index contributed by atoms with van der Waals surface area (Å²) in [6.07, 6.45) is 3.33. The van der Waals surface area contributed by atoms with Crippen molar-refractivity contribution in [3.05, 3.63) is 66.9 Å². The minimum atomic E-state index is 0.990. The molecule has 0 heterocycles. The lowest BCUT2D eigenvalue weighted by Gasteiger charge is -2.19. The van der Waals surface area contributed by atoms with Crippen molar-refractivity contribution in [2.75, 3.05) is 4.90 Å². The minimum Gasteiger partial charge on any atom is -0.308 e. The van der Waals surface area contributed by atoms with E-state index in [0.29, 0.717) is 0 Å². The van der Waals surface area contributed by atoms with E-state index in [-0.39, 0.29) is 0 Å². The van der Waals surface area contributed by atoms with Crippen LogP contribution in [-0.4, -0.2) is 5.87 Å². The SMILES string of the molecule is N#CN=C=CN(c1ccccc1)c1ccccc1. The van der Waals surface area contributed by atoms with Crippen LogP contribution in [0.3, 0.4) is 0 Å². The van der Waals surface area contributed by atoms with E-state index in [1.165, 1.54) is 0 Å². The Labute approximate surface area is 106 Å². The normalized spacial score (nSPS) is 8.83. The summed E-state index contributed by atoms with van der Waals surface area (Å²) in [5, 5.41) is 8.40. The molecule has 18 heavy (non-hydrogen) atoms. The molecule has 2 aromatic carbocycles. The van der Waals surface area contributed by atoms with Crippen LogP contribution >= 0.6 is 0 Å². The van der Waals surface area contributed by atoms with Crippen molar-refractivity contribution in [1.82, 2.24) is 0 Å². The lowest BCUT2D eigenvalue weighted by Crippen LogP contribution is -2.08. The molecule has 0 spiro atoms. The van der Waals surface area contributed by atoms with Crippen LogP contribution in [0.4, 0.5) is 11.4 Å². The first kappa shape index (κ1) is 11.7. The summed E-state index contributed by atoms with van der Waals surface area (Å²) in [5.41, 5.74) is 1.98. The molecule has 0 saturated carbocycles. The van der Waals surface area contributed by atoms with Gasteiger partial charge in [0.25, 0.3) is 0 Å². The first-order valence-corrected chi connectivity index (χ1v) is 5.49. The molecule has 0 aliphatic rings. The Balaban J connectivity index is 2.42. The van der Waals surface area contributed by atoms with Crippen LogP contribution in [0.25, 0.3) is 0 Å². The number of rotatable bonds is 3. The van der Waals surface area contributed by atoms with Gasteiger partial charge in [0, 0.05) is 17.2 Å². The number of hydrogen-bond donors (Lipinski definition) is 0. The van der Waals surface area contributed by atoms with E-state index in [2.05, 4.69) is 10.9 Å². The van der Waals surface area contributed by atoms with Crippen LogP contribution in [0, 0.1) is 11.5 Å². The maximum absolute atomic E-state index is 8.40. The van der Waals surface area contributed by atoms with E-state index in [9.17, 15) is 0 Å². The van der Waals surface area contributed by atoms with Crippen LogP contribution in [0.5, 0.6) is 0 Å². The number of benzene rings is 2. The maximum Gasteiger partial charge on any atom is 0.214 e. The highest BCUT2D eigenvalue weighted by Gasteiger charge is 2.04. The minimum absolute atomic E-state index is 0.990. The Hall–Kier alpha value is -2.82. The second kappa shape index (κ2) is 6.05. The van der Waals surface area contributed by atoms with Gasteiger partial charge >= 0.3 is 0 Å². The van der Waals surface area contributed by atoms with Crippen molar-refractivity contribution in [3.8, 4) is 6.19 Å². The van der Waals surface area contributed by atoms with Gasteiger partial charge in [-0.15, -0.1) is 4.99 Å². The first-order valence-electron chi connectivity index (χ1n) is 5.49. The zero-order valence-electron chi connectivity index (χ0n) is 9.69. The van der Waals surface area contributed by atoms with Gasteiger partial charge in [-0.25, -0.2) is 0 Å². The Morgan fingerprint density at radius 1 is 0.889 bits per heavy atom. The average Bonchev–Trinajstić information content (AvgIpc) is 2.46. The Kier molecular flexibility index (Phi) is 3.92. The molecule has 0 N–H and O–H groups in total. The van der Waals surface area contributed by atoms with Crippen molar-refractivity contribution in [2.24, 2.45) is 4.99 Å². The highest BCUT2D eigenvalue weighted by molar-refractivity contribution is 5.71. The Bertz CT molecular complexity index is 551. The third kappa shape index (κ3) is 2.85. The monoisotopic (exact) mass is 233 g/mol. The molecular weight excluding hydrogens is 222 g/mol. The van der Waals surface area contributed by atoms with E-state index >= 15 is 0 Å². The summed E-state index contributed by atoms with van der Waals surface area (Å²) in [6.45, 7) is 0. The molecule has 0 fully saturated rings. The summed E-state index contributed by atoms with van der Waals surface area (Å²) in [5.74, 6) is 2.60. The summed E-state index contributed by atoms with van der Waals surface area (Å²) in [6, 6.07) is 19.7. The van der Waals surface area contributed by atoms with Gasteiger partial charge in [0.2, 0.25) is 6.19 Å². The highest BCUT2D eigenvalue weighted by Crippen LogP contribution is 2.24. The summed E-state index contributed by atoms with van der Waals surface area (Å²) < 4.78 is 0. The van der Waals surface area contributed by atoms with Crippen LogP contribution < -0.4 is 4.90 Å². The zero-order chi connectivity index (χ0) is 12.6. The fourth-order valence-corrected chi connectivity index (χ4v) is 1.59. The number of nitrogens with zero attached hydrogens (tertiary/aromatic N) is 3. The molecule has 3 heteroatoms. The van der Waals surface area contributed by atoms with Crippen molar-refractivity contribution < 1.29 is 0 Å². The van der Waals surface area contributed by atoms with Crippen LogP contribution in [-0.2, 0) is 0 Å². The Morgan fingerprint density at radius 3 is 1.83 bits per heavy atom. The standard InChI is InChI=1S/C15H11N3/c16-13-17-11-12-18(14-7-3-1-4-8-14)15-9-5-2-6-10-15/h1-10,12H. The molecule has 3 nitrogen and oxygen atoms in total. The van der Waals surface area contributed by atoms with Crippen LogP contribution in [0.1, 0.15) is 0 Å². The largest absolute Gasteiger partial charge is 0.308 e. The molecule has 0 bridgehead atoms.